The van der Waals surface area contributed by atoms with E-state index in [9.17, 15) is 0 Å². The van der Waals surface area contributed by atoms with Crippen molar-refractivity contribution in [2.75, 3.05) is 6.61 Å². The summed E-state index contributed by atoms with van der Waals surface area (Å²) in [5.41, 5.74) is 7.54. The van der Waals surface area contributed by atoms with Crippen LogP contribution >= 0.6 is 0 Å². The van der Waals surface area contributed by atoms with Crippen LogP contribution in [0.1, 0.15) is 24.8 Å². The van der Waals surface area contributed by atoms with Gasteiger partial charge in [0.25, 0.3) is 0 Å². The van der Waals surface area contributed by atoms with E-state index in [-0.39, 0.29) is 0 Å². The van der Waals surface area contributed by atoms with Crippen molar-refractivity contribution >= 4 is 0 Å². The molecule has 2 nitrogen and oxygen atoms in total. The first-order valence-corrected chi connectivity index (χ1v) is 5.80. The van der Waals surface area contributed by atoms with Crippen LogP contribution < -0.4 is 10.5 Å². The van der Waals surface area contributed by atoms with Gasteiger partial charge in [0, 0.05) is 12.0 Å². The second-order valence-electron chi connectivity index (χ2n) is 4.69. The summed E-state index contributed by atoms with van der Waals surface area (Å²) in [5, 5.41) is 0. The zero-order valence-corrected chi connectivity index (χ0v) is 9.02. The largest absolute Gasteiger partial charge is 0.493 e. The van der Waals surface area contributed by atoms with E-state index in [4.69, 9.17) is 10.5 Å². The topological polar surface area (TPSA) is 35.2 Å². The Labute approximate surface area is 90.4 Å². The number of benzene rings is 1. The van der Waals surface area contributed by atoms with Crippen molar-refractivity contribution in [1.82, 2.24) is 0 Å². The van der Waals surface area contributed by atoms with Crippen LogP contribution in [0.2, 0.25) is 0 Å². The van der Waals surface area contributed by atoms with Crippen LogP contribution in [0.5, 0.6) is 5.75 Å². The quantitative estimate of drug-likeness (QED) is 0.759. The lowest BCUT2D eigenvalue weighted by Gasteiger charge is -2.53. The van der Waals surface area contributed by atoms with Crippen LogP contribution in [0.3, 0.4) is 0 Å². The van der Waals surface area contributed by atoms with E-state index in [1.54, 1.807) is 0 Å². The highest BCUT2D eigenvalue weighted by Crippen LogP contribution is 2.53. The Bertz CT molecular complexity index is 377. The molecule has 1 aliphatic heterocycles. The minimum atomic E-state index is 0.341. The number of fused-ring (bicyclic) bond motifs is 3. The molecular weight excluding hydrogens is 186 g/mol. The van der Waals surface area contributed by atoms with Gasteiger partial charge in [-0.25, -0.2) is 0 Å². The molecule has 2 aliphatic rings. The van der Waals surface area contributed by atoms with Crippen LogP contribution in [0.25, 0.3) is 0 Å². The van der Waals surface area contributed by atoms with E-state index < -0.39 is 0 Å². The predicted molar refractivity (Wildman–Crippen MR) is 59.9 cm³/mol. The zero-order chi connectivity index (χ0) is 10.4. The highest BCUT2D eigenvalue weighted by Gasteiger charge is 2.50. The molecule has 2 heteroatoms. The molecule has 1 saturated carbocycles. The lowest BCUT2D eigenvalue weighted by molar-refractivity contribution is 0.0292. The molecule has 0 aromatic heterocycles. The molecule has 1 fully saturated rings. The van der Waals surface area contributed by atoms with Crippen molar-refractivity contribution in [3.8, 4) is 5.75 Å². The van der Waals surface area contributed by atoms with Gasteiger partial charge < -0.3 is 10.5 Å². The zero-order valence-electron chi connectivity index (χ0n) is 9.02. The maximum Gasteiger partial charge on any atom is 0.122 e. The summed E-state index contributed by atoms with van der Waals surface area (Å²) in [5.74, 6) is 2.92. The van der Waals surface area contributed by atoms with Crippen LogP contribution in [-0.4, -0.2) is 12.6 Å². The van der Waals surface area contributed by atoms with Gasteiger partial charge in [0.1, 0.15) is 5.75 Å². The maximum absolute atomic E-state index is 6.17. The van der Waals surface area contributed by atoms with E-state index in [1.807, 2.05) is 6.07 Å². The van der Waals surface area contributed by atoms with Gasteiger partial charge in [0.05, 0.1) is 6.61 Å². The van der Waals surface area contributed by atoms with E-state index >= 15 is 0 Å². The highest BCUT2D eigenvalue weighted by molar-refractivity contribution is 5.41. The number of para-hydroxylation sites is 1. The molecule has 1 aromatic carbocycles. The summed E-state index contributed by atoms with van der Waals surface area (Å²) in [4.78, 5) is 0. The summed E-state index contributed by atoms with van der Waals surface area (Å²) in [6.07, 6.45) is 1.18. The first-order valence-electron chi connectivity index (χ1n) is 5.80. The first kappa shape index (κ1) is 9.22. The van der Waals surface area contributed by atoms with Crippen molar-refractivity contribution in [2.24, 2.45) is 17.6 Å². The van der Waals surface area contributed by atoms with Crippen LogP contribution in [-0.2, 0) is 0 Å². The van der Waals surface area contributed by atoms with E-state index in [1.165, 1.54) is 12.0 Å². The van der Waals surface area contributed by atoms with Gasteiger partial charge in [0.15, 0.2) is 0 Å². The van der Waals surface area contributed by atoms with Gasteiger partial charge in [-0.05, 0) is 23.5 Å². The summed E-state index contributed by atoms with van der Waals surface area (Å²) in [7, 11) is 0. The summed E-state index contributed by atoms with van der Waals surface area (Å²) < 4.78 is 5.74. The monoisotopic (exact) mass is 203 g/mol. The van der Waals surface area contributed by atoms with E-state index in [0.717, 1.165) is 12.4 Å². The number of hydrogen-bond donors (Lipinski definition) is 1. The molecule has 1 aliphatic carbocycles. The minimum Gasteiger partial charge on any atom is -0.493 e. The number of rotatable bonds is 1. The number of nitrogens with two attached hydrogens (primary N) is 1. The Morgan fingerprint density at radius 2 is 2.20 bits per heavy atom. The molecular formula is C13H17NO. The Kier molecular flexibility index (Phi) is 1.99. The Morgan fingerprint density at radius 3 is 3.00 bits per heavy atom. The summed E-state index contributed by atoms with van der Waals surface area (Å²) in [6, 6.07) is 8.75. The van der Waals surface area contributed by atoms with Gasteiger partial charge in [-0.1, -0.05) is 31.5 Å². The Morgan fingerprint density at radius 1 is 1.40 bits per heavy atom. The molecule has 4 atom stereocenters. The smallest absolute Gasteiger partial charge is 0.122 e. The third kappa shape index (κ3) is 1.14. The lowest BCUT2D eigenvalue weighted by atomic mass is 9.57. The molecule has 0 radical (unpaired) electrons. The molecule has 4 unspecified atom stereocenters. The second-order valence-corrected chi connectivity index (χ2v) is 4.69. The van der Waals surface area contributed by atoms with Crippen molar-refractivity contribution in [3.63, 3.8) is 0 Å². The maximum atomic E-state index is 6.17. The van der Waals surface area contributed by atoms with Crippen molar-refractivity contribution in [2.45, 2.75) is 25.3 Å². The fraction of sp³-hybridized carbons (Fsp3) is 0.538. The Hall–Kier alpha value is -1.02. The molecule has 2 N–H and O–H groups in total. The minimum absolute atomic E-state index is 0.341. The molecule has 3 rings (SSSR count). The normalized spacial score (nSPS) is 37.2. The van der Waals surface area contributed by atoms with Gasteiger partial charge in [0.2, 0.25) is 0 Å². The molecule has 0 spiro atoms. The fourth-order valence-electron chi connectivity index (χ4n) is 3.24. The predicted octanol–water partition coefficient (Wildman–Crippen LogP) is 2.15. The number of ether oxygens (including phenoxy) is 1. The summed E-state index contributed by atoms with van der Waals surface area (Å²) >= 11 is 0. The first-order chi connectivity index (χ1) is 7.33. The van der Waals surface area contributed by atoms with E-state index in [0.29, 0.717) is 23.8 Å². The van der Waals surface area contributed by atoms with Crippen molar-refractivity contribution < 1.29 is 4.74 Å². The summed E-state index contributed by atoms with van der Waals surface area (Å²) in [6.45, 7) is 3.04. The van der Waals surface area contributed by atoms with E-state index in [2.05, 4.69) is 25.1 Å². The van der Waals surface area contributed by atoms with Gasteiger partial charge in [-0.15, -0.1) is 0 Å². The molecule has 1 aromatic rings. The molecule has 0 bridgehead atoms. The third-order valence-corrected chi connectivity index (χ3v) is 4.09. The van der Waals surface area contributed by atoms with Crippen molar-refractivity contribution in [3.05, 3.63) is 29.8 Å². The molecule has 0 amide bonds. The molecule has 15 heavy (non-hydrogen) atoms. The van der Waals surface area contributed by atoms with Gasteiger partial charge in [-0.2, -0.15) is 0 Å². The van der Waals surface area contributed by atoms with Crippen LogP contribution in [0.15, 0.2) is 24.3 Å². The number of hydrogen-bond acceptors (Lipinski definition) is 2. The molecule has 80 valence electrons. The lowest BCUT2D eigenvalue weighted by Crippen LogP contribution is -2.58. The van der Waals surface area contributed by atoms with Crippen molar-refractivity contribution in [1.29, 1.82) is 0 Å². The average molecular weight is 203 g/mol. The van der Waals surface area contributed by atoms with Crippen LogP contribution in [0.4, 0.5) is 0 Å². The van der Waals surface area contributed by atoms with Gasteiger partial charge in [-0.3, -0.25) is 0 Å². The average Bonchev–Trinajstić information content (AvgIpc) is 2.28. The molecule has 1 heterocycles. The highest BCUT2D eigenvalue weighted by atomic mass is 16.5. The third-order valence-electron chi connectivity index (χ3n) is 4.09. The second kappa shape index (κ2) is 3.24. The van der Waals surface area contributed by atoms with Gasteiger partial charge >= 0.3 is 0 Å². The standard InChI is InChI=1S/C13H17NO/c1-2-8-12-9-5-3-4-6-11(9)15-7-10(12)13(8)14/h3-6,8,10,12-13H,2,7,14H2,1H3. The van der Waals surface area contributed by atoms with Crippen LogP contribution in [0, 0.1) is 11.8 Å². The fourth-order valence-corrected chi connectivity index (χ4v) is 3.24. The Balaban J connectivity index is 1.99. The SMILES string of the molecule is CCC1C(N)C2COc3ccccc3C12. The molecule has 0 saturated heterocycles.